The zero-order valence-electron chi connectivity index (χ0n) is 10.5. The summed E-state index contributed by atoms with van der Waals surface area (Å²) in [6.45, 7) is 4.67. The quantitative estimate of drug-likeness (QED) is 0.636. The van der Waals surface area contributed by atoms with Gasteiger partial charge >= 0.3 is 5.97 Å². The molecule has 5 heteroatoms. The molecular weight excluding hydrogens is 232 g/mol. The Bertz CT molecular complexity index is 485. The Morgan fingerprint density at radius 2 is 2.28 bits per heavy atom. The van der Waals surface area contributed by atoms with Crippen LogP contribution in [0.25, 0.3) is 0 Å². The molecule has 18 heavy (non-hydrogen) atoms. The molecule has 0 spiro atoms. The molecule has 0 saturated carbocycles. The number of likely N-dealkylation sites (N-methyl/N-ethyl adjacent to an activating group) is 1. The number of fused-ring (bicyclic) bond motifs is 1. The van der Waals surface area contributed by atoms with Gasteiger partial charge in [0.15, 0.2) is 5.75 Å². The fourth-order valence-corrected chi connectivity index (χ4v) is 1.92. The summed E-state index contributed by atoms with van der Waals surface area (Å²) >= 11 is 0. The van der Waals surface area contributed by atoms with E-state index in [2.05, 4.69) is 5.32 Å². The maximum Gasteiger partial charge on any atom is 0.331 e. The van der Waals surface area contributed by atoms with Crippen molar-refractivity contribution in [3.8, 4) is 5.75 Å². The van der Waals surface area contributed by atoms with Crippen molar-refractivity contribution in [2.45, 2.75) is 13.8 Å². The van der Waals surface area contributed by atoms with Crippen LogP contribution in [-0.2, 0) is 9.59 Å². The van der Waals surface area contributed by atoms with Gasteiger partial charge in [0.1, 0.15) is 6.54 Å². The van der Waals surface area contributed by atoms with Crippen LogP contribution in [0.4, 0.5) is 5.69 Å². The number of nitrogens with one attached hydrogen (secondary N) is 1. The Morgan fingerprint density at radius 1 is 1.50 bits per heavy atom. The van der Waals surface area contributed by atoms with E-state index in [1.165, 1.54) is 0 Å². The summed E-state index contributed by atoms with van der Waals surface area (Å²) in [6.07, 6.45) is 0. The maximum atomic E-state index is 11.6. The predicted molar refractivity (Wildman–Crippen MR) is 67.7 cm³/mol. The van der Waals surface area contributed by atoms with Gasteiger partial charge in [-0.3, -0.25) is 4.79 Å². The summed E-state index contributed by atoms with van der Waals surface area (Å²) in [5.74, 6) is 0.0801. The molecule has 1 N–H and O–H groups in total. The molecule has 96 valence electrons. The van der Waals surface area contributed by atoms with Crippen LogP contribution in [0.2, 0.25) is 0 Å². The number of anilines is 1. The second kappa shape index (κ2) is 5.08. The summed E-state index contributed by atoms with van der Waals surface area (Å²) in [4.78, 5) is 24.8. The van der Waals surface area contributed by atoms with Gasteiger partial charge in [0.05, 0.1) is 12.2 Å². The van der Waals surface area contributed by atoms with Crippen molar-refractivity contribution in [2.24, 2.45) is 0 Å². The van der Waals surface area contributed by atoms with Crippen LogP contribution >= 0.6 is 0 Å². The van der Waals surface area contributed by atoms with Crippen molar-refractivity contribution >= 4 is 17.6 Å². The molecule has 0 radical (unpaired) electrons. The number of carbonyl (C=O) groups excluding carboxylic acids is 2. The van der Waals surface area contributed by atoms with E-state index in [0.717, 1.165) is 11.3 Å². The Balaban J connectivity index is 2.24. The molecule has 0 fully saturated rings. The molecule has 1 aromatic rings. The van der Waals surface area contributed by atoms with Crippen LogP contribution in [0.5, 0.6) is 5.75 Å². The Labute approximate surface area is 106 Å². The van der Waals surface area contributed by atoms with Crippen LogP contribution < -0.4 is 15.0 Å². The SMILES string of the molecule is CCNC(=O)CN1CC(=O)Oc2ccc(C)cc21. The molecule has 2 rings (SSSR count). The Kier molecular flexibility index (Phi) is 3.50. The topological polar surface area (TPSA) is 58.6 Å². The summed E-state index contributed by atoms with van der Waals surface area (Å²) in [5.41, 5.74) is 1.86. The maximum absolute atomic E-state index is 11.6. The predicted octanol–water partition coefficient (Wildman–Crippen LogP) is 0.857. The van der Waals surface area contributed by atoms with Gasteiger partial charge in [-0.05, 0) is 31.5 Å². The molecule has 1 heterocycles. The van der Waals surface area contributed by atoms with Crippen molar-refractivity contribution in [3.05, 3.63) is 23.8 Å². The first-order valence-electron chi connectivity index (χ1n) is 5.93. The zero-order chi connectivity index (χ0) is 13.1. The molecule has 5 nitrogen and oxygen atoms in total. The first-order chi connectivity index (χ1) is 8.60. The number of hydrogen-bond donors (Lipinski definition) is 1. The van der Waals surface area contributed by atoms with E-state index < -0.39 is 0 Å². The average molecular weight is 248 g/mol. The van der Waals surface area contributed by atoms with E-state index in [0.29, 0.717) is 12.3 Å². The van der Waals surface area contributed by atoms with Gasteiger partial charge < -0.3 is 15.0 Å². The van der Waals surface area contributed by atoms with E-state index >= 15 is 0 Å². The number of nitrogens with zero attached hydrogens (tertiary/aromatic N) is 1. The summed E-state index contributed by atoms with van der Waals surface area (Å²) in [6, 6.07) is 5.55. The second-order valence-corrected chi connectivity index (χ2v) is 4.25. The smallest absolute Gasteiger partial charge is 0.331 e. The lowest BCUT2D eigenvalue weighted by Crippen LogP contribution is -2.43. The molecule has 1 aliphatic heterocycles. The van der Waals surface area contributed by atoms with Crippen LogP contribution in [-0.4, -0.2) is 31.5 Å². The number of amides is 1. The lowest BCUT2D eigenvalue weighted by Gasteiger charge is -2.29. The van der Waals surface area contributed by atoms with Crippen molar-refractivity contribution in [1.29, 1.82) is 0 Å². The molecule has 0 aromatic heterocycles. The molecule has 0 bridgehead atoms. The van der Waals surface area contributed by atoms with Crippen molar-refractivity contribution in [3.63, 3.8) is 0 Å². The molecule has 1 aliphatic rings. The lowest BCUT2D eigenvalue weighted by molar-refractivity contribution is -0.133. The van der Waals surface area contributed by atoms with Gasteiger partial charge in [0.25, 0.3) is 0 Å². The van der Waals surface area contributed by atoms with Crippen LogP contribution in [0, 0.1) is 6.92 Å². The minimum atomic E-state index is -0.337. The highest BCUT2D eigenvalue weighted by Crippen LogP contribution is 2.32. The molecule has 1 amide bonds. The Morgan fingerprint density at radius 3 is 3.00 bits per heavy atom. The third-order valence-corrected chi connectivity index (χ3v) is 2.71. The zero-order valence-corrected chi connectivity index (χ0v) is 10.5. The highest BCUT2D eigenvalue weighted by molar-refractivity contribution is 5.89. The van der Waals surface area contributed by atoms with Gasteiger partial charge in [0, 0.05) is 6.54 Å². The number of ether oxygens (including phenoxy) is 1. The molecule has 0 unspecified atom stereocenters. The Hall–Kier alpha value is -2.04. The monoisotopic (exact) mass is 248 g/mol. The number of hydrogen-bond acceptors (Lipinski definition) is 4. The van der Waals surface area contributed by atoms with Crippen LogP contribution in [0.1, 0.15) is 12.5 Å². The summed E-state index contributed by atoms with van der Waals surface area (Å²) < 4.78 is 5.15. The minimum Gasteiger partial charge on any atom is -0.423 e. The normalized spacial score (nSPS) is 13.9. The minimum absolute atomic E-state index is 0.0975. The summed E-state index contributed by atoms with van der Waals surface area (Å²) in [7, 11) is 0. The van der Waals surface area contributed by atoms with E-state index in [4.69, 9.17) is 4.74 Å². The van der Waals surface area contributed by atoms with Crippen LogP contribution in [0.15, 0.2) is 18.2 Å². The van der Waals surface area contributed by atoms with Gasteiger partial charge in [-0.25, -0.2) is 4.79 Å². The third kappa shape index (κ3) is 2.61. The van der Waals surface area contributed by atoms with Gasteiger partial charge in [-0.1, -0.05) is 6.07 Å². The lowest BCUT2D eigenvalue weighted by atomic mass is 10.1. The number of rotatable bonds is 3. The van der Waals surface area contributed by atoms with E-state index in [9.17, 15) is 9.59 Å². The fraction of sp³-hybridized carbons (Fsp3) is 0.385. The number of carbonyl (C=O) groups is 2. The third-order valence-electron chi connectivity index (χ3n) is 2.71. The van der Waals surface area contributed by atoms with Gasteiger partial charge in [-0.2, -0.15) is 0 Å². The number of benzene rings is 1. The van der Waals surface area contributed by atoms with Crippen LogP contribution in [0.3, 0.4) is 0 Å². The standard InChI is InChI=1S/C13H16N2O3/c1-3-14-12(16)7-15-8-13(17)18-11-5-4-9(2)6-10(11)15/h4-6H,3,7-8H2,1-2H3,(H,14,16). The van der Waals surface area contributed by atoms with E-state index in [1.807, 2.05) is 26.0 Å². The van der Waals surface area contributed by atoms with Crippen molar-refractivity contribution < 1.29 is 14.3 Å². The highest BCUT2D eigenvalue weighted by Gasteiger charge is 2.25. The average Bonchev–Trinajstić information content (AvgIpc) is 2.30. The largest absolute Gasteiger partial charge is 0.423 e. The highest BCUT2D eigenvalue weighted by atomic mass is 16.5. The number of esters is 1. The summed E-state index contributed by atoms with van der Waals surface area (Å²) in [5, 5.41) is 2.72. The first kappa shape index (κ1) is 12.4. The first-order valence-corrected chi connectivity index (χ1v) is 5.93. The van der Waals surface area contributed by atoms with E-state index in [-0.39, 0.29) is 25.0 Å². The van der Waals surface area contributed by atoms with Crippen molar-refractivity contribution in [2.75, 3.05) is 24.5 Å². The van der Waals surface area contributed by atoms with E-state index in [1.54, 1.807) is 11.0 Å². The molecular formula is C13H16N2O3. The second-order valence-electron chi connectivity index (χ2n) is 4.25. The van der Waals surface area contributed by atoms with Crippen molar-refractivity contribution in [1.82, 2.24) is 5.32 Å². The van der Waals surface area contributed by atoms with Gasteiger partial charge in [-0.15, -0.1) is 0 Å². The molecule has 0 saturated heterocycles. The number of aryl methyl sites for hydroxylation is 1. The molecule has 1 aromatic carbocycles. The molecule has 0 atom stereocenters. The van der Waals surface area contributed by atoms with Gasteiger partial charge in [0.2, 0.25) is 5.91 Å². The fourth-order valence-electron chi connectivity index (χ4n) is 1.92. The molecule has 0 aliphatic carbocycles.